The van der Waals surface area contributed by atoms with Crippen LogP contribution < -0.4 is 5.32 Å². The molecule has 0 aliphatic rings. The quantitative estimate of drug-likeness (QED) is 0.680. The molecule has 0 fully saturated rings. The maximum atomic E-state index is 10.6. The van der Waals surface area contributed by atoms with Crippen LogP contribution in [0, 0.1) is 25.7 Å². The minimum absolute atomic E-state index is 0.0658. The Bertz CT molecular complexity index is 435. The molecule has 0 unspecified atom stereocenters. The molecular weight excluding hydrogens is 190 g/mol. The van der Waals surface area contributed by atoms with Gasteiger partial charge in [-0.2, -0.15) is 5.10 Å². The van der Waals surface area contributed by atoms with Gasteiger partial charge >= 0.3 is 0 Å². The van der Waals surface area contributed by atoms with E-state index in [0.717, 1.165) is 17.0 Å². The van der Waals surface area contributed by atoms with E-state index in [1.54, 1.807) is 4.68 Å². The standard InChI is InChI=1S/C11H15N3O/c1-8-11(9(2)14(4)13-8)6-5-7-12-10(3)15/h7H2,1-4H3,(H,12,15). The molecule has 15 heavy (non-hydrogen) atoms. The van der Waals surface area contributed by atoms with Gasteiger partial charge in [-0.25, -0.2) is 0 Å². The number of carbonyl (C=O) groups is 1. The summed E-state index contributed by atoms with van der Waals surface area (Å²) in [6.45, 7) is 5.75. The lowest BCUT2D eigenvalue weighted by atomic mass is 10.2. The first-order valence-corrected chi connectivity index (χ1v) is 4.76. The zero-order chi connectivity index (χ0) is 11.4. The van der Waals surface area contributed by atoms with Crippen molar-refractivity contribution < 1.29 is 4.79 Å². The van der Waals surface area contributed by atoms with Crippen LogP contribution >= 0.6 is 0 Å². The summed E-state index contributed by atoms with van der Waals surface area (Å²) in [6.07, 6.45) is 0. The summed E-state index contributed by atoms with van der Waals surface area (Å²) in [5.74, 6) is 5.84. The van der Waals surface area contributed by atoms with E-state index >= 15 is 0 Å². The largest absolute Gasteiger partial charge is 0.345 e. The average Bonchev–Trinajstić information content (AvgIpc) is 2.37. The van der Waals surface area contributed by atoms with Gasteiger partial charge in [0.25, 0.3) is 0 Å². The summed E-state index contributed by atoms with van der Waals surface area (Å²) < 4.78 is 1.80. The average molecular weight is 205 g/mol. The van der Waals surface area contributed by atoms with Gasteiger partial charge in [0, 0.05) is 14.0 Å². The van der Waals surface area contributed by atoms with Gasteiger partial charge in [0.15, 0.2) is 0 Å². The van der Waals surface area contributed by atoms with E-state index in [0.29, 0.717) is 6.54 Å². The van der Waals surface area contributed by atoms with Crippen molar-refractivity contribution in [1.29, 1.82) is 0 Å². The molecule has 80 valence electrons. The van der Waals surface area contributed by atoms with Crippen LogP contribution in [0.1, 0.15) is 23.9 Å². The van der Waals surface area contributed by atoms with Crippen molar-refractivity contribution in [1.82, 2.24) is 15.1 Å². The highest BCUT2D eigenvalue weighted by Crippen LogP contribution is 2.09. The first-order chi connectivity index (χ1) is 7.02. The van der Waals surface area contributed by atoms with Crippen LogP contribution in [0.25, 0.3) is 0 Å². The molecule has 0 aromatic carbocycles. The van der Waals surface area contributed by atoms with Crippen molar-refractivity contribution in [3.63, 3.8) is 0 Å². The zero-order valence-corrected chi connectivity index (χ0v) is 9.51. The number of aromatic nitrogens is 2. The highest BCUT2D eigenvalue weighted by molar-refractivity contribution is 5.73. The van der Waals surface area contributed by atoms with Gasteiger partial charge in [-0.3, -0.25) is 9.48 Å². The van der Waals surface area contributed by atoms with Crippen molar-refractivity contribution in [2.75, 3.05) is 6.54 Å². The van der Waals surface area contributed by atoms with E-state index in [1.807, 2.05) is 20.9 Å². The fourth-order valence-corrected chi connectivity index (χ4v) is 1.26. The lowest BCUT2D eigenvalue weighted by molar-refractivity contribution is -0.118. The van der Waals surface area contributed by atoms with E-state index in [-0.39, 0.29) is 5.91 Å². The van der Waals surface area contributed by atoms with Crippen molar-refractivity contribution >= 4 is 5.91 Å². The topological polar surface area (TPSA) is 46.9 Å². The Balaban J connectivity index is 2.75. The Hall–Kier alpha value is -1.76. The molecule has 1 rings (SSSR count). The van der Waals surface area contributed by atoms with Gasteiger partial charge in [0.1, 0.15) is 0 Å². The minimum Gasteiger partial charge on any atom is -0.345 e. The molecule has 0 radical (unpaired) electrons. The normalized spacial score (nSPS) is 9.33. The van der Waals surface area contributed by atoms with Crippen LogP contribution in [0.2, 0.25) is 0 Å². The number of nitrogens with zero attached hydrogens (tertiary/aromatic N) is 2. The molecule has 1 aromatic rings. The van der Waals surface area contributed by atoms with E-state index < -0.39 is 0 Å². The fourth-order valence-electron chi connectivity index (χ4n) is 1.26. The Morgan fingerprint density at radius 3 is 2.67 bits per heavy atom. The van der Waals surface area contributed by atoms with E-state index in [9.17, 15) is 4.79 Å². The first kappa shape index (κ1) is 11.3. The van der Waals surface area contributed by atoms with Crippen molar-refractivity contribution in [2.24, 2.45) is 7.05 Å². The van der Waals surface area contributed by atoms with Crippen LogP contribution in [0.15, 0.2) is 0 Å². The summed E-state index contributed by atoms with van der Waals surface area (Å²) in [5.41, 5.74) is 2.91. The molecule has 4 heteroatoms. The van der Waals surface area contributed by atoms with Gasteiger partial charge < -0.3 is 5.32 Å². The molecule has 0 aliphatic carbocycles. The molecule has 0 atom stereocenters. The van der Waals surface area contributed by atoms with Crippen LogP contribution in [0.3, 0.4) is 0 Å². The second kappa shape index (κ2) is 4.65. The SMILES string of the molecule is CC(=O)NCC#Cc1c(C)nn(C)c1C. The number of aryl methyl sites for hydroxylation is 2. The van der Waals surface area contributed by atoms with Crippen molar-refractivity contribution in [3.8, 4) is 11.8 Å². The zero-order valence-electron chi connectivity index (χ0n) is 9.51. The van der Waals surface area contributed by atoms with Gasteiger partial charge in [0.2, 0.25) is 5.91 Å². The molecule has 0 saturated carbocycles. The second-order valence-electron chi connectivity index (χ2n) is 3.38. The lowest BCUT2D eigenvalue weighted by Gasteiger charge is -1.93. The summed E-state index contributed by atoms with van der Waals surface area (Å²) >= 11 is 0. The second-order valence-corrected chi connectivity index (χ2v) is 3.38. The Kier molecular flexibility index (Phi) is 3.51. The monoisotopic (exact) mass is 205 g/mol. The van der Waals surface area contributed by atoms with Gasteiger partial charge in [0.05, 0.1) is 23.5 Å². The van der Waals surface area contributed by atoms with Gasteiger partial charge in [-0.05, 0) is 13.8 Å². The van der Waals surface area contributed by atoms with Crippen LogP contribution in [0.5, 0.6) is 0 Å². The van der Waals surface area contributed by atoms with Crippen LogP contribution in [0.4, 0.5) is 0 Å². The highest BCUT2D eigenvalue weighted by Gasteiger charge is 2.05. The maximum Gasteiger partial charge on any atom is 0.217 e. The third-order valence-electron chi connectivity index (χ3n) is 2.15. The summed E-state index contributed by atoms with van der Waals surface area (Å²) in [6, 6.07) is 0. The van der Waals surface area contributed by atoms with Crippen LogP contribution in [-0.4, -0.2) is 22.2 Å². The van der Waals surface area contributed by atoms with E-state index in [4.69, 9.17) is 0 Å². The number of amides is 1. The lowest BCUT2D eigenvalue weighted by Crippen LogP contribution is -2.19. The fraction of sp³-hybridized carbons (Fsp3) is 0.455. The molecule has 0 bridgehead atoms. The van der Waals surface area contributed by atoms with Gasteiger partial charge in [-0.1, -0.05) is 11.8 Å². The third-order valence-corrected chi connectivity index (χ3v) is 2.15. The number of hydrogen-bond donors (Lipinski definition) is 1. The van der Waals surface area contributed by atoms with E-state index in [1.165, 1.54) is 6.92 Å². The molecule has 1 amide bonds. The number of carbonyl (C=O) groups excluding carboxylic acids is 1. The predicted molar refractivity (Wildman–Crippen MR) is 58.2 cm³/mol. The smallest absolute Gasteiger partial charge is 0.217 e. The van der Waals surface area contributed by atoms with Crippen LogP contribution in [-0.2, 0) is 11.8 Å². The van der Waals surface area contributed by atoms with Crippen molar-refractivity contribution in [3.05, 3.63) is 17.0 Å². The molecule has 0 saturated heterocycles. The summed E-state index contributed by atoms with van der Waals surface area (Å²) in [5, 5.41) is 6.87. The summed E-state index contributed by atoms with van der Waals surface area (Å²) in [7, 11) is 1.89. The minimum atomic E-state index is -0.0658. The van der Waals surface area contributed by atoms with Gasteiger partial charge in [-0.15, -0.1) is 0 Å². The Morgan fingerprint density at radius 1 is 1.53 bits per heavy atom. The number of nitrogens with one attached hydrogen (secondary N) is 1. The molecule has 1 heterocycles. The Labute approximate surface area is 89.7 Å². The molecule has 0 aliphatic heterocycles. The first-order valence-electron chi connectivity index (χ1n) is 4.76. The third kappa shape index (κ3) is 2.84. The summed E-state index contributed by atoms with van der Waals surface area (Å²) in [4.78, 5) is 10.6. The Morgan fingerprint density at radius 2 is 2.20 bits per heavy atom. The molecule has 4 nitrogen and oxygen atoms in total. The van der Waals surface area contributed by atoms with Crippen molar-refractivity contribution in [2.45, 2.75) is 20.8 Å². The number of rotatable bonds is 1. The molecule has 1 N–H and O–H groups in total. The maximum absolute atomic E-state index is 10.6. The molecule has 1 aromatic heterocycles. The predicted octanol–water partition coefficient (Wildman–Crippen LogP) is 0.525. The van der Waals surface area contributed by atoms with E-state index in [2.05, 4.69) is 22.3 Å². The molecular formula is C11H15N3O. The number of hydrogen-bond acceptors (Lipinski definition) is 2. The highest BCUT2D eigenvalue weighted by atomic mass is 16.1. The molecule has 0 spiro atoms.